The predicted molar refractivity (Wildman–Crippen MR) is 80.0 cm³/mol. The van der Waals surface area contributed by atoms with E-state index in [2.05, 4.69) is 20.6 Å². The minimum Gasteiger partial charge on any atom is -0.457 e. The van der Waals surface area contributed by atoms with Crippen molar-refractivity contribution in [3.63, 3.8) is 0 Å². The average molecular weight is 292 g/mol. The van der Waals surface area contributed by atoms with Gasteiger partial charge < -0.3 is 15.1 Å². The van der Waals surface area contributed by atoms with Gasteiger partial charge in [-0.05, 0) is 36.4 Å². The highest BCUT2D eigenvalue weighted by atomic mass is 16.3. The fourth-order valence-electron chi connectivity index (χ4n) is 2.40. The molecule has 0 bridgehead atoms. The van der Waals surface area contributed by atoms with Gasteiger partial charge >= 0.3 is 0 Å². The van der Waals surface area contributed by atoms with Crippen LogP contribution in [0.2, 0.25) is 0 Å². The van der Waals surface area contributed by atoms with Gasteiger partial charge in [-0.1, -0.05) is 0 Å². The summed E-state index contributed by atoms with van der Waals surface area (Å²) >= 11 is 0. The lowest BCUT2D eigenvalue weighted by atomic mass is 10.1. The largest absolute Gasteiger partial charge is 0.457 e. The van der Waals surface area contributed by atoms with Gasteiger partial charge in [0.1, 0.15) is 17.3 Å². The highest BCUT2D eigenvalue weighted by Crippen LogP contribution is 2.28. The lowest BCUT2D eigenvalue weighted by Crippen LogP contribution is -2.38. The molecule has 1 aliphatic rings. The zero-order valence-electron chi connectivity index (χ0n) is 11.5. The van der Waals surface area contributed by atoms with E-state index in [9.17, 15) is 4.79 Å². The molecule has 22 heavy (non-hydrogen) atoms. The van der Waals surface area contributed by atoms with Crippen molar-refractivity contribution in [3.05, 3.63) is 66.3 Å². The molecule has 0 radical (unpaired) electrons. The second-order valence-corrected chi connectivity index (χ2v) is 4.89. The second-order valence-electron chi connectivity index (χ2n) is 4.89. The fourth-order valence-corrected chi connectivity index (χ4v) is 2.40. The van der Waals surface area contributed by atoms with E-state index in [0.29, 0.717) is 22.9 Å². The predicted octanol–water partition coefficient (Wildman–Crippen LogP) is 2.59. The molecule has 1 atom stereocenters. The molecule has 3 aromatic rings. The fraction of sp³-hybridized carbons (Fsp3) is 0.0625. The van der Waals surface area contributed by atoms with Gasteiger partial charge in [0.15, 0.2) is 6.17 Å². The van der Waals surface area contributed by atoms with Crippen molar-refractivity contribution >= 4 is 11.7 Å². The standard InChI is InChI=1S/C16H12N4O2/c21-16-11-4-2-8-18-14(11)19-15(20-16)13-6-5-12(22-13)10-3-1-7-17-9-10/h1-9,15H,(H,18,19)(H,20,21). The summed E-state index contributed by atoms with van der Waals surface area (Å²) < 4.78 is 5.83. The summed E-state index contributed by atoms with van der Waals surface area (Å²) in [6.45, 7) is 0. The Balaban J connectivity index is 1.64. The number of carbonyl (C=O) groups excluding carboxylic acids is 1. The number of aromatic nitrogens is 2. The Kier molecular flexibility index (Phi) is 2.86. The average Bonchev–Trinajstić information content (AvgIpc) is 3.06. The van der Waals surface area contributed by atoms with Gasteiger partial charge in [0.25, 0.3) is 5.91 Å². The topological polar surface area (TPSA) is 80.0 Å². The summed E-state index contributed by atoms with van der Waals surface area (Å²) in [5, 5.41) is 6.01. The van der Waals surface area contributed by atoms with Crippen molar-refractivity contribution in [1.29, 1.82) is 0 Å². The van der Waals surface area contributed by atoms with Crippen LogP contribution >= 0.6 is 0 Å². The molecule has 4 heterocycles. The maximum absolute atomic E-state index is 12.1. The zero-order chi connectivity index (χ0) is 14.9. The molecule has 1 aliphatic heterocycles. The number of nitrogens with zero attached hydrogens (tertiary/aromatic N) is 2. The van der Waals surface area contributed by atoms with Crippen LogP contribution in [0.4, 0.5) is 5.82 Å². The van der Waals surface area contributed by atoms with E-state index in [0.717, 1.165) is 5.56 Å². The molecule has 4 rings (SSSR count). The second kappa shape index (κ2) is 5.00. The van der Waals surface area contributed by atoms with Crippen LogP contribution in [0.5, 0.6) is 0 Å². The van der Waals surface area contributed by atoms with Crippen molar-refractivity contribution in [2.24, 2.45) is 0 Å². The first-order valence-electron chi connectivity index (χ1n) is 6.84. The van der Waals surface area contributed by atoms with E-state index < -0.39 is 6.17 Å². The Morgan fingerprint density at radius 2 is 1.95 bits per heavy atom. The van der Waals surface area contributed by atoms with E-state index in [1.165, 1.54) is 0 Å². The maximum Gasteiger partial charge on any atom is 0.256 e. The summed E-state index contributed by atoms with van der Waals surface area (Å²) in [5.74, 6) is 1.69. The number of hydrogen-bond donors (Lipinski definition) is 2. The molecule has 2 N–H and O–H groups in total. The van der Waals surface area contributed by atoms with Crippen LogP contribution in [0.3, 0.4) is 0 Å². The van der Waals surface area contributed by atoms with Crippen LogP contribution in [0.15, 0.2) is 59.4 Å². The van der Waals surface area contributed by atoms with E-state index in [1.54, 1.807) is 30.7 Å². The van der Waals surface area contributed by atoms with Crippen molar-refractivity contribution in [2.45, 2.75) is 6.17 Å². The third kappa shape index (κ3) is 2.10. The Bertz CT molecular complexity index is 829. The Hall–Kier alpha value is -3.15. The third-order valence-corrected chi connectivity index (χ3v) is 3.47. The summed E-state index contributed by atoms with van der Waals surface area (Å²) in [7, 11) is 0. The molecule has 0 aliphatic carbocycles. The number of nitrogens with one attached hydrogen (secondary N) is 2. The van der Waals surface area contributed by atoms with Crippen LogP contribution in [0.25, 0.3) is 11.3 Å². The SMILES string of the molecule is O=C1NC(c2ccc(-c3cccnc3)o2)Nc2ncccc21. The van der Waals surface area contributed by atoms with Gasteiger partial charge in [-0.3, -0.25) is 9.78 Å². The lowest BCUT2D eigenvalue weighted by Gasteiger charge is -2.25. The minimum atomic E-state index is -0.444. The van der Waals surface area contributed by atoms with E-state index >= 15 is 0 Å². The maximum atomic E-state index is 12.1. The first kappa shape index (κ1) is 12.6. The van der Waals surface area contributed by atoms with Gasteiger partial charge in [0.05, 0.1) is 5.56 Å². The van der Waals surface area contributed by atoms with E-state index in [1.807, 2.05) is 24.3 Å². The zero-order valence-corrected chi connectivity index (χ0v) is 11.5. The highest BCUT2D eigenvalue weighted by molar-refractivity contribution is 6.00. The molecular formula is C16H12N4O2. The molecule has 0 saturated carbocycles. The van der Waals surface area contributed by atoms with Gasteiger partial charge in [0.2, 0.25) is 0 Å². The number of hydrogen-bond acceptors (Lipinski definition) is 5. The summed E-state index contributed by atoms with van der Waals surface area (Å²) in [4.78, 5) is 20.4. The Morgan fingerprint density at radius 1 is 1.05 bits per heavy atom. The van der Waals surface area contributed by atoms with Crippen LogP contribution in [0.1, 0.15) is 22.3 Å². The molecule has 0 saturated heterocycles. The molecule has 0 aromatic carbocycles. The smallest absolute Gasteiger partial charge is 0.256 e. The number of rotatable bonds is 2. The summed E-state index contributed by atoms with van der Waals surface area (Å²) in [6, 6.07) is 10.9. The van der Waals surface area contributed by atoms with E-state index in [4.69, 9.17) is 4.42 Å². The number of fused-ring (bicyclic) bond motifs is 1. The minimum absolute atomic E-state index is 0.175. The molecule has 108 valence electrons. The van der Waals surface area contributed by atoms with Crippen molar-refractivity contribution in [2.75, 3.05) is 5.32 Å². The molecule has 0 spiro atoms. The van der Waals surface area contributed by atoms with Crippen LogP contribution in [-0.2, 0) is 0 Å². The summed E-state index contributed by atoms with van der Waals surface area (Å²) in [5.41, 5.74) is 1.41. The van der Waals surface area contributed by atoms with Gasteiger partial charge in [-0.15, -0.1) is 0 Å². The quantitative estimate of drug-likeness (QED) is 0.759. The van der Waals surface area contributed by atoms with Gasteiger partial charge in [-0.2, -0.15) is 0 Å². The lowest BCUT2D eigenvalue weighted by molar-refractivity contribution is 0.0930. The first-order chi connectivity index (χ1) is 10.8. The number of furan rings is 1. The van der Waals surface area contributed by atoms with Gasteiger partial charge in [-0.25, -0.2) is 4.98 Å². The molecule has 6 heteroatoms. The van der Waals surface area contributed by atoms with Crippen molar-refractivity contribution < 1.29 is 9.21 Å². The van der Waals surface area contributed by atoms with Crippen LogP contribution in [0, 0.1) is 0 Å². The Labute approximate surface area is 126 Å². The van der Waals surface area contributed by atoms with Crippen molar-refractivity contribution in [3.8, 4) is 11.3 Å². The normalized spacial score (nSPS) is 16.5. The number of pyridine rings is 2. The highest BCUT2D eigenvalue weighted by Gasteiger charge is 2.27. The van der Waals surface area contributed by atoms with Crippen LogP contribution < -0.4 is 10.6 Å². The summed E-state index contributed by atoms with van der Waals surface area (Å²) in [6.07, 6.45) is 4.64. The first-order valence-corrected chi connectivity index (χ1v) is 6.84. The molecule has 3 aromatic heterocycles. The molecule has 0 fully saturated rings. The molecule has 1 unspecified atom stereocenters. The molecular weight excluding hydrogens is 280 g/mol. The number of amides is 1. The number of carbonyl (C=O) groups is 1. The van der Waals surface area contributed by atoms with Gasteiger partial charge in [0, 0.05) is 24.2 Å². The van der Waals surface area contributed by atoms with Crippen LogP contribution in [-0.4, -0.2) is 15.9 Å². The van der Waals surface area contributed by atoms with Crippen molar-refractivity contribution in [1.82, 2.24) is 15.3 Å². The monoisotopic (exact) mass is 292 g/mol. The van der Waals surface area contributed by atoms with E-state index in [-0.39, 0.29) is 5.91 Å². The third-order valence-electron chi connectivity index (χ3n) is 3.47. The number of anilines is 1. The Morgan fingerprint density at radius 3 is 2.82 bits per heavy atom. The molecule has 1 amide bonds. The molecule has 6 nitrogen and oxygen atoms in total.